The Labute approximate surface area is 163 Å². The van der Waals surface area contributed by atoms with Gasteiger partial charge in [0.1, 0.15) is 11.6 Å². The number of rotatable bonds is 6. The van der Waals surface area contributed by atoms with E-state index in [4.69, 9.17) is 5.41 Å². The van der Waals surface area contributed by atoms with Gasteiger partial charge in [-0.1, -0.05) is 30.3 Å². The monoisotopic (exact) mass is 375 g/mol. The second kappa shape index (κ2) is 8.72. The van der Waals surface area contributed by atoms with E-state index in [0.717, 1.165) is 11.3 Å². The molecule has 0 aliphatic rings. The van der Waals surface area contributed by atoms with Gasteiger partial charge in [0.25, 0.3) is 0 Å². The molecule has 0 radical (unpaired) electrons. The number of nitrogens with zero attached hydrogens (tertiary/aromatic N) is 3. The highest BCUT2D eigenvalue weighted by Gasteiger charge is 2.11. The van der Waals surface area contributed by atoms with Gasteiger partial charge >= 0.3 is 6.03 Å². The maximum absolute atomic E-state index is 12.3. The Morgan fingerprint density at radius 3 is 2.50 bits per heavy atom. The Balaban J connectivity index is 1.66. The molecule has 2 amide bonds. The molecule has 3 aromatic rings. The molecule has 0 saturated carbocycles. The third-order valence-electron chi connectivity index (χ3n) is 4.02. The first-order chi connectivity index (χ1) is 13.5. The van der Waals surface area contributed by atoms with Crippen LogP contribution < -0.4 is 16.0 Å². The van der Waals surface area contributed by atoms with Gasteiger partial charge in [-0.05, 0) is 25.5 Å². The average Bonchev–Trinajstić information content (AvgIpc) is 2.71. The van der Waals surface area contributed by atoms with Crippen LogP contribution in [0, 0.1) is 12.3 Å². The number of amides is 2. The summed E-state index contributed by atoms with van der Waals surface area (Å²) in [5.41, 5.74) is 2.97. The zero-order valence-corrected chi connectivity index (χ0v) is 15.6. The fourth-order valence-corrected chi connectivity index (χ4v) is 2.53. The molecule has 2 aromatic heterocycles. The van der Waals surface area contributed by atoms with Crippen molar-refractivity contribution in [1.82, 2.24) is 20.3 Å². The molecule has 1 unspecified atom stereocenters. The molecule has 8 heteroatoms. The van der Waals surface area contributed by atoms with E-state index in [0.29, 0.717) is 22.9 Å². The molecule has 142 valence electrons. The van der Waals surface area contributed by atoms with Crippen molar-refractivity contribution in [3.8, 4) is 0 Å². The van der Waals surface area contributed by atoms with Gasteiger partial charge in [0.15, 0.2) is 0 Å². The zero-order chi connectivity index (χ0) is 19.9. The normalized spacial score (nSPS) is 11.4. The van der Waals surface area contributed by atoms with Crippen molar-refractivity contribution >= 4 is 29.6 Å². The van der Waals surface area contributed by atoms with E-state index in [1.54, 1.807) is 18.5 Å². The van der Waals surface area contributed by atoms with Crippen molar-refractivity contribution in [2.24, 2.45) is 0 Å². The lowest BCUT2D eigenvalue weighted by atomic mass is 10.1. The van der Waals surface area contributed by atoms with Crippen LogP contribution in [-0.2, 0) is 0 Å². The van der Waals surface area contributed by atoms with E-state index in [1.807, 2.05) is 44.2 Å². The van der Waals surface area contributed by atoms with Crippen LogP contribution in [0.2, 0.25) is 0 Å². The van der Waals surface area contributed by atoms with Crippen LogP contribution in [0.15, 0.2) is 55.0 Å². The highest BCUT2D eigenvalue weighted by molar-refractivity contribution is 5.92. The van der Waals surface area contributed by atoms with Gasteiger partial charge in [0.05, 0.1) is 36.0 Å². The molecule has 2 heterocycles. The molecular formula is C20H21N7O. The third kappa shape index (κ3) is 4.88. The number of carbonyl (C=O) groups excluding carboxylic acids is 1. The number of aromatic nitrogens is 3. The molecule has 8 nitrogen and oxygen atoms in total. The molecule has 1 atom stereocenters. The molecule has 0 spiro atoms. The van der Waals surface area contributed by atoms with Gasteiger partial charge in [-0.25, -0.2) is 14.8 Å². The lowest BCUT2D eigenvalue weighted by Gasteiger charge is -2.15. The second-order valence-corrected chi connectivity index (χ2v) is 6.20. The highest BCUT2D eigenvalue weighted by atomic mass is 16.2. The number of nitrogens with one attached hydrogen (secondary N) is 4. The highest BCUT2D eigenvalue weighted by Crippen LogP contribution is 2.20. The van der Waals surface area contributed by atoms with Crippen molar-refractivity contribution in [2.75, 3.05) is 10.6 Å². The Morgan fingerprint density at radius 2 is 1.82 bits per heavy atom. The minimum absolute atomic E-state index is 0.149. The Morgan fingerprint density at radius 1 is 1.07 bits per heavy atom. The summed E-state index contributed by atoms with van der Waals surface area (Å²) in [6.45, 7) is 3.76. The maximum atomic E-state index is 12.3. The molecule has 0 saturated heterocycles. The lowest BCUT2D eigenvalue weighted by molar-refractivity contribution is 0.249. The lowest BCUT2D eigenvalue weighted by Crippen LogP contribution is -2.31. The van der Waals surface area contributed by atoms with Crippen LogP contribution in [0.25, 0.3) is 0 Å². The third-order valence-corrected chi connectivity index (χ3v) is 4.02. The van der Waals surface area contributed by atoms with Gasteiger partial charge in [0.2, 0.25) is 0 Å². The quantitative estimate of drug-likeness (QED) is 0.489. The zero-order valence-electron chi connectivity index (χ0n) is 15.6. The predicted molar refractivity (Wildman–Crippen MR) is 109 cm³/mol. The summed E-state index contributed by atoms with van der Waals surface area (Å²) in [4.78, 5) is 24.9. The van der Waals surface area contributed by atoms with Crippen molar-refractivity contribution in [3.05, 3.63) is 71.8 Å². The number of carbonyl (C=O) groups is 1. The number of benzene rings is 1. The number of aryl methyl sites for hydroxylation is 1. The first-order valence-electron chi connectivity index (χ1n) is 8.74. The number of hydrogen-bond acceptors (Lipinski definition) is 6. The van der Waals surface area contributed by atoms with Crippen LogP contribution in [0.3, 0.4) is 0 Å². The molecule has 1 aromatic carbocycles. The number of urea groups is 1. The minimum Gasteiger partial charge on any atom is -0.337 e. The Kier molecular flexibility index (Phi) is 5.91. The maximum Gasteiger partial charge on any atom is 0.320 e. The van der Waals surface area contributed by atoms with E-state index in [1.165, 1.54) is 12.4 Å². The van der Waals surface area contributed by atoms with E-state index < -0.39 is 0 Å². The van der Waals surface area contributed by atoms with Crippen LogP contribution in [0.5, 0.6) is 0 Å². The fraction of sp³-hybridized carbons (Fsp3) is 0.150. The standard InChI is InChI=1S/C20H21N7O/c1-13-10-23-19(12-22-13)26-17-11-24-18(8-16(17)9-21)27-20(28)25-14(2)15-6-4-3-5-7-15/h3-12,14,21H,1-2H3,(H,23,26)(H2,24,25,27,28). The topological polar surface area (TPSA) is 116 Å². The SMILES string of the molecule is Cc1cnc(Nc2cnc(NC(=O)NC(C)c3ccccc3)cc2C=N)cn1. The van der Waals surface area contributed by atoms with Gasteiger partial charge < -0.3 is 16.0 Å². The van der Waals surface area contributed by atoms with Crippen LogP contribution in [-0.4, -0.2) is 27.2 Å². The fourth-order valence-electron chi connectivity index (χ4n) is 2.53. The summed E-state index contributed by atoms with van der Waals surface area (Å²) >= 11 is 0. The minimum atomic E-state index is -0.370. The Hall–Kier alpha value is -3.81. The Bertz CT molecular complexity index is 958. The van der Waals surface area contributed by atoms with Gasteiger partial charge in [-0.15, -0.1) is 0 Å². The van der Waals surface area contributed by atoms with Crippen LogP contribution in [0.1, 0.15) is 29.8 Å². The van der Waals surface area contributed by atoms with Gasteiger partial charge in [-0.3, -0.25) is 10.3 Å². The number of hydrogen-bond donors (Lipinski definition) is 4. The number of anilines is 3. The molecule has 4 N–H and O–H groups in total. The summed E-state index contributed by atoms with van der Waals surface area (Å²) < 4.78 is 0. The molecule has 28 heavy (non-hydrogen) atoms. The van der Waals surface area contributed by atoms with Crippen LogP contribution in [0.4, 0.5) is 22.1 Å². The first-order valence-corrected chi connectivity index (χ1v) is 8.74. The first kappa shape index (κ1) is 19.0. The molecular weight excluding hydrogens is 354 g/mol. The van der Waals surface area contributed by atoms with Gasteiger partial charge in [-0.2, -0.15) is 0 Å². The molecule has 0 fully saturated rings. The summed E-state index contributed by atoms with van der Waals surface area (Å²) in [5.74, 6) is 0.891. The summed E-state index contributed by atoms with van der Waals surface area (Å²) in [7, 11) is 0. The second-order valence-electron chi connectivity index (χ2n) is 6.20. The molecule has 0 aliphatic carbocycles. The number of pyridine rings is 1. The summed E-state index contributed by atoms with van der Waals surface area (Å²) in [6, 6.07) is 10.8. The smallest absolute Gasteiger partial charge is 0.320 e. The van der Waals surface area contributed by atoms with E-state index in [2.05, 4.69) is 30.9 Å². The van der Waals surface area contributed by atoms with E-state index in [-0.39, 0.29) is 12.1 Å². The van der Waals surface area contributed by atoms with Gasteiger partial charge in [0, 0.05) is 11.8 Å². The van der Waals surface area contributed by atoms with E-state index in [9.17, 15) is 4.79 Å². The summed E-state index contributed by atoms with van der Waals surface area (Å²) in [6.07, 6.45) is 5.97. The average molecular weight is 375 g/mol. The molecule has 0 bridgehead atoms. The van der Waals surface area contributed by atoms with Crippen molar-refractivity contribution in [2.45, 2.75) is 19.9 Å². The summed E-state index contributed by atoms with van der Waals surface area (Å²) in [5, 5.41) is 16.3. The van der Waals surface area contributed by atoms with Crippen molar-refractivity contribution in [1.29, 1.82) is 5.41 Å². The predicted octanol–water partition coefficient (Wildman–Crippen LogP) is 3.80. The van der Waals surface area contributed by atoms with Crippen molar-refractivity contribution < 1.29 is 4.79 Å². The van der Waals surface area contributed by atoms with Crippen molar-refractivity contribution in [3.63, 3.8) is 0 Å². The molecule has 3 rings (SSSR count). The molecule has 0 aliphatic heterocycles. The van der Waals surface area contributed by atoms with E-state index >= 15 is 0 Å². The largest absolute Gasteiger partial charge is 0.337 e. The van der Waals surface area contributed by atoms with Crippen LogP contribution >= 0.6 is 0 Å².